The second kappa shape index (κ2) is 12.5. The minimum Gasteiger partial charge on any atom is -0.492 e. The summed E-state index contributed by atoms with van der Waals surface area (Å²) < 4.78 is 44.3. The van der Waals surface area contributed by atoms with E-state index in [0.29, 0.717) is 60.2 Å². The predicted octanol–water partition coefficient (Wildman–Crippen LogP) is 5.57. The van der Waals surface area contributed by atoms with Crippen LogP contribution in [0.15, 0.2) is 42.5 Å². The first-order chi connectivity index (χ1) is 18.7. The second-order valence-electron chi connectivity index (χ2n) is 9.22. The van der Waals surface area contributed by atoms with Gasteiger partial charge in [-0.05, 0) is 61.6 Å². The van der Waals surface area contributed by atoms with Crippen LogP contribution >= 0.6 is 11.6 Å². The van der Waals surface area contributed by atoms with Crippen molar-refractivity contribution in [1.29, 1.82) is 0 Å². The Balaban J connectivity index is 1.34. The highest BCUT2D eigenvalue weighted by Gasteiger charge is 2.30. The Morgan fingerprint density at radius 3 is 2.56 bits per heavy atom. The fourth-order valence-electron chi connectivity index (χ4n) is 4.39. The molecule has 2 heterocycles. The highest BCUT2D eigenvalue weighted by molar-refractivity contribution is 6.32. The average Bonchev–Trinajstić information content (AvgIpc) is 2.93. The van der Waals surface area contributed by atoms with Crippen LogP contribution < -0.4 is 20.3 Å². The van der Waals surface area contributed by atoms with Crippen LogP contribution in [-0.4, -0.2) is 47.6 Å². The molecule has 2 N–H and O–H groups in total. The van der Waals surface area contributed by atoms with Crippen LogP contribution in [0.25, 0.3) is 11.4 Å². The van der Waals surface area contributed by atoms with Gasteiger partial charge in [0.25, 0.3) is 0 Å². The summed E-state index contributed by atoms with van der Waals surface area (Å²) in [7, 11) is 1.73. The van der Waals surface area contributed by atoms with Gasteiger partial charge >= 0.3 is 6.18 Å². The third kappa shape index (κ3) is 7.50. The zero-order valence-corrected chi connectivity index (χ0v) is 22.4. The summed E-state index contributed by atoms with van der Waals surface area (Å²) in [6.45, 7) is 3.76. The third-order valence-corrected chi connectivity index (χ3v) is 6.75. The molecule has 0 bridgehead atoms. The molecule has 1 fully saturated rings. The number of carbonyl (C=O) groups is 1. The van der Waals surface area contributed by atoms with Gasteiger partial charge < -0.3 is 20.3 Å². The van der Waals surface area contributed by atoms with Gasteiger partial charge in [0.2, 0.25) is 17.8 Å². The number of ether oxygens (including phenoxy) is 1. The van der Waals surface area contributed by atoms with E-state index in [1.165, 1.54) is 6.07 Å². The summed E-state index contributed by atoms with van der Waals surface area (Å²) in [6, 6.07) is 10.4. The fraction of sp³-hybridized carbons (Fsp3) is 0.407. The number of piperidine rings is 1. The van der Waals surface area contributed by atoms with Crippen LogP contribution in [-0.2, 0) is 17.5 Å². The van der Waals surface area contributed by atoms with Crippen molar-refractivity contribution in [2.24, 2.45) is 5.92 Å². The number of amides is 1. The average molecular weight is 563 g/mol. The lowest BCUT2D eigenvalue weighted by Gasteiger charge is -2.32. The highest BCUT2D eigenvalue weighted by atomic mass is 35.5. The maximum absolute atomic E-state index is 12.9. The van der Waals surface area contributed by atoms with E-state index < -0.39 is 11.7 Å². The molecule has 2 aromatic carbocycles. The van der Waals surface area contributed by atoms with E-state index in [0.717, 1.165) is 30.5 Å². The van der Waals surface area contributed by atoms with Crippen molar-refractivity contribution in [2.75, 3.05) is 37.0 Å². The topological polar surface area (TPSA) is 92.3 Å². The highest BCUT2D eigenvalue weighted by Crippen LogP contribution is 2.31. The number of nitrogens with one attached hydrogen (secondary N) is 2. The second-order valence-corrected chi connectivity index (χ2v) is 9.63. The molecule has 12 heteroatoms. The van der Waals surface area contributed by atoms with Gasteiger partial charge in [-0.1, -0.05) is 23.7 Å². The lowest BCUT2D eigenvalue weighted by molar-refractivity contribution is -0.137. The van der Waals surface area contributed by atoms with E-state index in [2.05, 4.69) is 30.5 Å². The molecule has 1 saturated heterocycles. The number of aromatic nitrogens is 3. The fourth-order valence-corrected chi connectivity index (χ4v) is 4.62. The summed E-state index contributed by atoms with van der Waals surface area (Å²) in [6.07, 6.45) is -2.60. The van der Waals surface area contributed by atoms with E-state index in [1.807, 2.05) is 13.0 Å². The number of carbonyl (C=O) groups excluding carboxylic acids is 1. The standard InChI is InChI=1S/C27H30ClF3N6O2/c1-3-39-22-8-7-19(15-21(22)28)24-34-25(32-2)36-26(35-24)37-11-9-17(10-12-37)14-23(38)33-16-18-5-4-6-20(13-18)27(29,30)31/h4-8,13,15,17H,3,9-12,14,16H2,1-2H3,(H,33,38)(H,32,34,35,36). The van der Waals surface area contributed by atoms with Crippen molar-refractivity contribution in [1.82, 2.24) is 20.3 Å². The quantitative estimate of drug-likeness (QED) is 0.352. The maximum Gasteiger partial charge on any atom is 0.416 e. The molecule has 8 nitrogen and oxygen atoms in total. The molecule has 1 aliphatic rings. The molecule has 1 aromatic heterocycles. The molecule has 0 saturated carbocycles. The van der Waals surface area contributed by atoms with Crippen molar-refractivity contribution in [2.45, 2.75) is 38.9 Å². The first kappa shape index (κ1) is 28.4. The van der Waals surface area contributed by atoms with Crippen LogP contribution in [0, 0.1) is 5.92 Å². The lowest BCUT2D eigenvalue weighted by atomic mass is 9.93. The number of hydrogen-bond donors (Lipinski definition) is 2. The molecule has 0 aliphatic carbocycles. The Bertz CT molecular complexity index is 1300. The van der Waals surface area contributed by atoms with Gasteiger partial charge in [0, 0.05) is 38.7 Å². The van der Waals surface area contributed by atoms with Gasteiger partial charge in [0.15, 0.2) is 5.82 Å². The summed E-state index contributed by atoms with van der Waals surface area (Å²) in [5, 5.41) is 6.19. The molecule has 0 atom stereocenters. The molecular formula is C27H30ClF3N6O2. The number of hydrogen-bond acceptors (Lipinski definition) is 7. The van der Waals surface area contributed by atoms with Gasteiger partial charge in [-0.15, -0.1) is 0 Å². The molecule has 1 amide bonds. The van der Waals surface area contributed by atoms with Gasteiger partial charge in [0.05, 0.1) is 17.2 Å². The van der Waals surface area contributed by atoms with Crippen LogP contribution in [0.4, 0.5) is 25.1 Å². The van der Waals surface area contributed by atoms with E-state index in [-0.39, 0.29) is 18.4 Å². The maximum atomic E-state index is 12.9. The molecule has 4 rings (SSSR count). The Morgan fingerprint density at radius 2 is 1.90 bits per heavy atom. The van der Waals surface area contributed by atoms with E-state index >= 15 is 0 Å². The van der Waals surface area contributed by atoms with Crippen molar-refractivity contribution >= 4 is 29.4 Å². The molecule has 39 heavy (non-hydrogen) atoms. The van der Waals surface area contributed by atoms with Gasteiger partial charge in [-0.3, -0.25) is 4.79 Å². The molecule has 0 unspecified atom stereocenters. The predicted molar refractivity (Wildman–Crippen MR) is 144 cm³/mol. The van der Waals surface area contributed by atoms with Gasteiger partial charge in [-0.25, -0.2) is 0 Å². The number of nitrogens with zero attached hydrogens (tertiary/aromatic N) is 4. The number of anilines is 2. The largest absolute Gasteiger partial charge is 0.492 e. The summed E-state index contributed by atoms with van der Waals surface area (Å²) in [5.74, 6) is 1.99. The van der Waals surface area contributed by atoms with E-state index in [4.69, 9.17) is 16.3 Å². The van der Waals surface area contributed by atoms with Gasteiger partial charge in [-0.2, -0.15) is 28.1 Å². The molecule has 1 aliphatic heterocycles. The minimum absolute atomic E-state index is 0.0532. The number of benzene rings is 2. The Morgan fingerprint density at radius 1 is 1.13 bits per heavy atom. The van der Waals surface area contributed by atoms with Crippen molar-refractivity contribution in [3.05, 3.63) is 58.6 Å². The zero-order valence-electron chi connectivity index (χ0n) is 21.7. The van der Waals surface area contributed by atoms with Crippen LogP contribution in [0.5, 0.6) is 5.75 Å². The lowest BCUT2D eigenvalue weighted by Crippen LogP contribution is -2.37. The Kier molecular flexibility index (Phi) is 9.11. The summed E-state index contributed by atoms with van der Waals surface area (Å²) in [4.78, 5) is 28.2. The minimum atomic E-state index is -4.41. The molecule has 3 aromatic rings. The molecule has 0 spiro atoms. The molecular weight excluding hydrogens is 533 g/mol. The third-order valence-electron chi connectivity index (χ3n) is 6.45. The Labute approximate surface area is 230 Å². The number of alkyl halides is 3. The molecule has 0 radical (unpaired) electrons. The first-order valence-corrected chi connectivity index (χ1v) is 13.1. The van der Waals surface area contributed by atoms with Crippen LogP contribution in [0.2, 0.25) is 5.02 Å². The first-order valence-electron chi connectivity index (χ1n) is 12.7. The van der Waals surface area contributed by atoms with E-state index in [1.54, 1.807) is 25.2 Å². The molecule has 208 valence electrons. The van der Waals surface area contributed by atoms with Crippen LogP contribution in [0.1, 0.15) is 37.3 Å². The SMILES string of the molecule is CCOc1ccc(-c2nc(NC)nc(N3CCC(CC(=O)NCc4cccc(C(F)(F)F)c4)CC3)n2)cc1Cl. The van der Waals surface area contributed by atoms with Gasteiger partial charge in [0.1, 0.15) is 5.75 Å². The monoisotopic (exact) mass is 562 g/mol. The number of halogens is 4. The smallest absolute Gasteiger partial charge is 0.416 e. The van der Waals surface area contributed by atoms with E-state index in [9.17, 15) is 18.0 Å². The summed E-state index contributed by atoms with van der Waals surface area (Å²) >= 11 is 6.36. The van der Waals surface area contributed by atoms with Crippen molar-refractivity contribution < 1.29 is 22.7 Å². The van der Waals surface area contributed by atoms with Crippen molar-refractivity contribution in [3.8, 4) is 17.1 Å². The van der Waals surface area contributed by atoms with Crippen LogP contribution in [0.3, 0.4) is 0 Å². The normalized spacial score (nSPS) is 14.3. The number of rotatable bonds is 9. The van der Waals surface area contributed by atoms with Crippen molar-refractivity contribution in [3.63, 3.8) is 0 Å². The Hall–Kier alpha value is -3.60. The summed E-state index contributed by atoms with van der Waals surface area (Å²) in [5.41, 5.74) is 0.416. The zero-order chi connectivity index (χ0) is 28.0.